The molecule has 5 heteroatoms. The number of nitrogens with zero attached hydrogens (tertiary/aromatic N) is 1. The highest BCUT2D eigenvalue weighted by Gasteiger charge is 2.12. The maximum Gasteiger partial charge on any atom is 0.312 e. The highest BCUT2D eigenvalue weighted by Crippen LogP contribution is 2.18. The highest BCUT2D eigenvalue weighted by atomic mass is 16.5. The predicted molar refractivity (Wildman–Crippen MR) is 86.4 cm³/mol. The molecular weight excluding hydrogens is 280 g/mol. The van der Waals surface area contributed by atoms with Gasteiger partial charge in [0.1, 0.15) is 0 Å². The lowest BCUT2D eigenvalue weighted by Crippen LogP contribution is -2.16. The van der Waals surface area contributed by atoms with Crippen LogP contribution in [-0.2, 0) is 9.53 Å². The Morgan fingerprint density at radius 1 is 1.41 bits per heavy atom. The zero-order valence-electron chi connectivity index (χ0n) is 12.7. The van der Waals surface area contributed by atoms with Crippen molar-refractivity contribution in [3.8, 4) is 0 Å². The SMILES string of the molecule is COCC(/C=C/c1ccc2ccc([C@@H](C)N)nc2c1)C(=O)O. The maximum atomic E-state index is 11.1. The van der Waals surface area contributed by atoms with E-state index in [1.54, 1.807) is 12.2 Å². The summed E-state index contributed by atoms with van der Waals surface area (Å²) in [6.07, 6.45) is 3.40. The number of carbonyl (C=O) groups is 1. The molecule has 1 heterocycles. The zero-order chi connectivity index (χ0) is 16.1. The van der Waals surface area contributed by atoms with Crippen LogP contribution in [0.25, 0.3) is 17.0 Å². The Kier molecular flexibility index (Phi) is 5.25. The first-order valence-electron chi connectivity index (χ1n) is 7.07. The summed E-state index contributed by atoms with van der Waals surface area (Å²) in [6.45, 7) is 2.03. The van der Waals surface area contributed by atoms with E-state index in [2.05, 4.69) is 4.98 Å². The molecule has 0 amide bonds. The van der Waals surface area contributed by atoms with Crippen molar-refractivity contribution in [1.29, 1.82) is 0 Å². The monoisotopic (exact) mass is 300 g/mol. The quantitative estimate of drug-likeness (QED) is 0.856. The molecule has 0 aliphatic heterocycles. The van der Waals surface area contributed by atoms with Crippen LogP contribution in [0.4, 0.5) is 0 Å². The number of carboxylic acid groups (broad SMARTS) is 1. The summed E-state index contributed by atoms with van der Waals surface area (Å²) in [6, 6.07) is 9.59. The molecule has 3 N–H and O–H groups in total. The van der Waals surface area contributed by atoms with Gasteiger partial charge in [-0.2, -0.15) is 0 Å². The van der Waals surface area contributed by atoms with Crippen molar-refractivity contribution < 1.29 is 14.6 Å². The fourth-order valence-corrected chi connectivity index (χ4v) is 2.12. The molecule has 0 aliphatic rings. The number of rotatable bonds is 6. The van der Waals surface area contributed by atoms with Gasteiger partial charge in [0.15, 0.2) is 0 Å². The van der Waals surface area contributed by atoms with Crippen molar-refractivity contribution in [2.45, 2.75) is 13.0 Å². The van der Waals surface area contributed by atoms with E-state index in [1.165, 1.54) is 7.11 Å². The topological polar surface area (TPSA) is 85.4 Å². The van der Waals surface area contributed by atoms with E-state index >= 15 is 0 Å². The number of hydrogen-bond acceptors (Lipinski definition) is 4. The Labute approximate surface area is 129 Å². The second-order valence-corrected chi connectivity index (χ2v) is 5.24. The standard InChI is InChI=1S/C17H20N2O3/c1-11(18)15-8-7-13-5-3-12(9-16(13)19-15)4-6-14(10-22-2)17(20)21/h3-9,11,14H,10,18H2,1-2H3,(H,20,21)/b6-4+/t11-,14?/m1/s1. The predicted octanol–water partition coefficient (Wildman–Crippen LogP) is 2.61. The summed E-state index contributed by atoms with van der Waals surface area (Å²) < 4.78 is 4.91. The molecule has 0 saturated carbocycles. The van der Waals surface area contributed by atoms with Crippen LogP contribution >= 0.6 is 0 Å². The van der Waals surface area contributed by atoms with Crippen LogP contribution in [0.2, 0.25) is 0 Å². The van der Waals surface area contributed by atoms with Crippen molar-refractivity contribution in [1.82, 2.24) is 4.98 Å². The molecule has 2 aromatic rings. The van der Waals surface area contributed by atoms with Crippen LogP contribution in [-0.4, -0.2) is 29.8 Å². The maximum absolute atomic E-state index is 11.1. The van der Waals surface area contributed by atoms with E-state index in [-0.39, 0.29) is 12.6 Å². The van der Waals surface area contributed by atoms with Gasteiger partial charge in [-0.25, -0.2) is 0 Å². The molecule has 0 fully saturated rings. The number of nitrogens with two attached hydrogens (primary N) is 1. The van der Waals surface area contributed by atoms with Crippen LogP contribution in [0, 0.1) is 5.92 Å². The number of hydrogen-bond donors (Lipinski definition) is 2. The third-order valence-corrected chi connectivity index (χ3v) is 3.39. The molecule has 2 atom stereocenters. The van der Waals surface area contributed by atoms with Crippen molar-refractivity contribution in [3.63, 3.8) is 0 Å². The minimum Gasteiger partial charge on any atom is -0.481 e. The van der Waals surface area contributed by atoms with Crippen LogP contribution in [0.3, 0.4) is 0 Å². The summed E-state index contributed by atoms with van der Waals surface area (Å²) in [4.78, 5) is 15.6. The highest BCUT2D eigenvalue weighted by molar-refractivity contribution is 5.82. The molecule has 0 bridgehead atoms. The van der Waals surface area contributed by atoms with Gasteiger partial charge in [0, 0.05) is 18.5 Å². The van der Waals surface area contributed by atoms with Gasteiger partial charge in [0.05, 0.1) is 23.7 Å². The molecule has 0 spiro atoms. The number of carboxylic acids is 1. The Balaban J connectivity index is 2.29. The molecule has 2 rings (SSSR count). The Bertz CT molecular complexity index is 695. The van der Waals surface area contributed by atoms with E-state index in [1.807, 2.05) is 37.3 Å². The van der Waals surface area contributed by atoms with E-state index in [4.69, 9.17) is 15.6 Å². The summed E-state index contributed by atoms with van der Waals surface area (Å²) in [5.41, 5.74) is 8.42. The Morgan fingerprint density at radius 3 is 2.77 bits per heavy atom. The molecule has 5 nitrogen and oxygen atoms in total. The molecule has 1 aromatic heterocycles. The number of benzene rings is 1. The third-order valence-electron chi connectivity index (χ3n) is 3.39. The van der Waals surface area contributed by atoms with Crippen LogP contribution in [0.1, 0.15) is 24.2 Å². The average molecular weight is 300 g/mol. The Hall–Kier alpha value is -2.24. The molecular formula is C17H20N2O3. The van der Waals surface area contributed by atoms with Gasteiger partial charge in [-0.15, -0.1) is 0 Å². The minimum atomic E-state index is -0.906. The number of ether oxygens (including phenoxy) is 1. The average Bonchev–Trinajstić information content (AvgIpc) is 2.50. The second kappa shape index (κ2) is 7.15. The Morgan fingerprint density at radius 2 is 2.14 bits per heavy atom. The normalized spacial score (nSPS) is 14.3. The van der Waals surface area contributed by atoms with E-state index in [9.17, 15) is 4.79 Å². The summed E-state index contributed by atoms with van der Waals surface area (Å²) >= 11 is 0. The molecule has 116 valence electrons. The lowest BCUT2D eigenvalue weighted by atomic mass is 10.1. The minimum absolute atomic E-state index is 0.123. The lowest BCUT2D eigenvalue weighted by Gasteiger charge is -2.07. The van der Waals surface area contributed by atoms with Gasteiger partial charge in [-0.05, 0) is 24.6 Å². The summed E-state index contributed by atoms with van der Waals surface area (Å²) in [7, 11) is 1.49. The van der Waals surface area contributed by atoms with Crippen molar-refractivity contribution in [3.05, 3.63) is 47.7 Å². The molecule has 1 aromatic carbocycles. The fraction of sp³-hybridized carbons (Fsp3) is 0.294. The van der Waals surface area contributed by atoms with Crippen molar-refractivity contribution >= 4 is 22.9 Å². The number of methoxy groups -OCH3 is 1. The molecule has 22 heavy (non-hydrogen) atoms. The largest absolute Gasteiger partial charge is 0.481 e. The first-order valence-corrected chi connectivity index (χ1v) is 7.07. The van der Waals surface area contributed by atoms with Gasteiger partial charge in [0.25, 0.3) is 0 Å². The summed E-state index contributed by atoms with van der Waals surface area (Å²) in [5.74, 6) is -1.57. The smallest absolute Gasteiger partial charge is 0.312 e. The van der Waals surface area contributed by atoms with Gasteiger partial charge < -0.3 is 15.6 Å². The molecule has 0 saturated heterocycles. The van der Waals surface area contributed by atoms with Gasteiger partial charge in [-0.3, -0.25) is 9.78 Å². The van der Waals surface area contributed by atoms with E-state index in [0.29, 0.717) is 0 Å². The molecule has 0 aliphatic carbocycles. The van der Waals surface area contributed by atoms with Gasteiger partial charge >= 0.3 is 5.97 Å². The fourth-order valence-electron chi connectivity index (χ4n) is 2.12. The van der Waals surface area contributed by atoms with E-state index in [0.717, 1.165) is 22.2 Å². The number of aliphatic carboxylic acids is 1. The van der Waals surface area contributed by atoms with Crippen molar-refractivity contribution in [2.24, 2.45) is 11.7 Å². The van der Waals surface area contributed by atoms with Crippen molar-refractivity contribution in [2.75, 3.05) is 13.7 Å². The van der Waals surface area contributed by atoms with Gasteiger partial charge in [0.2, 0.25) is 0 Å². The number of fused-ring (bicyclic) bond motifs is 1. The lowest BCUT2D eigenvalue weighted by molar-refractivity contribution is -0.141. The van der Waals surface area contributed by atoms with Crippen LogP contribution in [0.15, 0.2) is 36.4 Å². The van der Waals surface area contributed by atoms with Crippen LogP contribution in [0.5, 0.6) is 0 Å². The first kappa shape index (κ1) is 16.1. The van der Waals surface area contributed by atoms with Gasteiger partial charge in [-0.1, -0.05) is 30.4 Å². The first-order chi connectivity index (χ1) is 10.5. The number of pyridine rings is 1. The molecule has 0 radical (unpaired) electrons. The van der Waals surface area contributed by atoms with Crippen LogP contribution < -0.4 is 5.73 Å². The summed E-state index contributed by atoms with van der Waals surface area (Å²) in [5, 5.41) is 10.1. The second-order valence-electron chi connectivity index (χ2n) is 5.24. The number of aromatic nitrogens is 1. The third kappa shape index (κ3) is 3.90. The van der Waals surface area contributed by atoms with E-state index < -0.39 is 11.9 Å². The zero-order valence-corrected chi connectivity index (χ0v) is 12.7. The molecule has 1 unspecified atom stereocenters.